The van der Waals surface area contributed by atoms with Gasteiger partial charge in [0.25, 0.3) is 0 Å². The third-order valence-electron chi connectivity index (χ3n) is 3.45. The summed E-state index contributed by atoms with van der Waals surface area (Å²) >= 11 is 3.39. The smallest absolute Gasteiger partial charge is 0.233 e. The highest BCUT2D eigenvalue weighted by Crippen LogP contribution is 2.20. The minimum Gasteiger partial charge on any atom is -0.355 e. The van der Waals surface area contributed by atoms with Crippen LogP contribution in [0.3, 0.4) is 0 Å². The molecule has 2 N–H and O–H groups in total. The molecule has 0 radical (unpaired) electrons. The van der Waals surface area contributed by atoms with Gasteiger partial charge in [-0.05, 0) is 42.7 Å². The molecule has 126 valence electrons. The van der Waals surface area contributed by atoms with Gasteiger partial charge in [-0.25, -0.2) is 4.39 Å². The Hall–Kier alpha value is -2.21. The van der Waals surface area contributed by atoms with Crippen LogP contribution in [-0.4, -0.2) is 18.4 Å². The van der Waals surface area contributed by atoms with E-state index in [-0.39, 0.29) is 18.8 Å². The fraction of sp³-hybridized carbons (Fsp3) is 0.222. The third kappa shape index (κ3) is 5.45. The van der Waals surface area contributed by atoms with Gasteiger partial charge in [0.2, 0.25) is 11.8 Å². The molecule has 0 aliphatic heterocycles. The molecule has 0 aromatic heterocycles. The maximum Gasteiger partial charge on any atom is 0.233 e. The average molecular weight is 393 g/mol. The normalized spacial score (nSPS) is 10.3. The summed E-state index contributed by atoms with van der Waals surface area (Å²) in [7, 11) is 0. The van der Waals surface area contributed by atoms with Gasteiger partial charge in [0.1, 0.15) is 12.2 Å². The molecular weight excluding hydrogens is 375 g/mol. The molecule has 0 heterocycles. The monoisotopic (exact) mass is 392 g/mol. The molecule has 6 heteroatoms. The molecule has 0 saturated carbocycles. The zero-order valence-electron chi connectivity index (χ0n) is 13.2. The van der Waals surface area contributed by atoms with Crippen molar-refractivity contribution in [2.75, 3.05) is 11.9 Å². The van der Waals surface area contributed by atoms with Gasteiger partial charge in [-0.1, -0.05) is 40.2 Å². The predicted octanol–water partition coefficient (Wildman–Crippen LogP) is 3.58. The number of hydrogen-bond acceptors (Lipinski definition) is 2. The standard InChI is InChI=1S/C18H18BrFN2O2/c1-12-6-7-14(10-15(12)19)22-18(24)11-17(23)21-9-8-13-4-2-3-5-16(13)20/h2-7,10H,8-9,11H2,1H3,(H,21,23)(H,22,24). The summed E-state index contributed by atoms with van der Waals surface area (Å²) in [6.07, 6.45) is 0.105. The third-order valence-corrected chi connectivity index (χ3v) is 4.31. The van der Waals surface area contributed by atoms with Crippen LogP contribution in [0.5, 0.6) is 0 Å². The molecule has 4 nitrogen and oxygen atoms in total. The van der Waals surface area contributed by atoms with Crippen molar-refractivity contribution in [2.45, 2.75) is 19.8 Å². The average Bonchev–Trinajstić information content (AvgIpc) is 2.52. The Bertz CT molecular complexity index is 750. The summed E-state index contributed by atoms with van der Waals surface area (Å²) in [5.74, 6) is -1.08. The Morgan fingerprint density at radius 3 is 2.58 bits per heavy atom. The Labute approximate surface area is 148 Å². The number of benzene rings is 2. The Balaban J connectivity index is 1.76. The summed E-state index contributed by atoms with van der Waals surface area (Å²) in [5, 5.41) is 5.29. The van der Waals surface area contributed by atoms with E-state index in [1.165, 1.54) is 6.07 Å². The number of aryl methyl sites for hydroxylation is 1. The molecule has 24 heavy (non-hydrogen) atoms. The Morgan fingerprint density at radius 1 is 1.12 bits per heavy atom. The van der Waals surface area contributed by atoms with E-state index in [9.17, 15) is 14.0 Å². The Morgan fingerprint density at radius 2 is 1.88 bits per heavy atom. The largest absolute Gasteiger partial charge is 0.355 e. The zero-order chi connectivity index (χ0) is 17.5. The molecule has 2 rings (SSSR count). The highest BCUT2D eigenvalue weighted by Gasteiger charge is 2.10. The highest BCUT2D eigenvalue weighted by atomic mass is 79.9. The molecule has 0 fully saturated rings. The number of halogens is 2. The molecule has 0 unspecified atom stereocenters. The first-order valence-corrected chi connectivity index (χ1v) is 8.31. The van der Waals surface area contributed by atoms with Gasteiger partial charge in [-0.2, -0.15) is 0 Å². The van der Waals surface area contributed by atoms with Crippen LogP contribution < -0.4 is 10.6 Å². The lowest BCUT2D eigenvalue weighted by molar-refractivity contribution is -0.126. The van der Waals surface area contributed by atoms with Crippen LogP contribution in [0.25, 0.3) is 0 Å². The fourth-order valence-electron chi connectivity index (χ4n) is 2.12. The van der Waals surface area contributed by atoms with Crippen molar-refractivity contribution in [1.82, 2.24) is 5.32 Å². The van der Waals surface area contributed by atoms with E-state index >= 15 is 0 Å². The molecule has 0 aliphatic carbocycles. The second-order valence-corrected chi connectivity index (χ2v) is 6.23. The number of anilines is 1. The number of hydrogen-bond donors (Lipinski definition) is 2. The van der Waals surface area contributed by atoms with Crippen LogP contribution in [0.15, 0.2) is 46.9 Å². The first kappa shape index (κ1) is 18.1. The van der Waals surface area contributed by atoms with E-state index in [1.54, 1.807) is 30.3 Å². The molecule has 0 saturated heterocycles. The number of amides is 2. The van der Waals surface area contributed by atoms with Crippen LogP contribution in [0, 0.1) is 12.7 Å². The van der Waals surface area contributed by atoms with Gasteiger partial charge in [0.05, 0.1) is 0 Å². The molecule has 2 aromatic rings. The number of carbonyl (C=O) groups excluding carboxylic acids is 2. The van der Waals surface area contributed by atoms with E-state index in [2.05, 4.69) is 26.6 Å². The first-order chi connectivity index (χ1) is 11.5. The van der Waals surface area contributed by atoms with Crippen LogP contribution in [0.2, 0.25) is 0 Å². The van der Waals surface area contributed by atoms with Crippen molar-refractivity contribution in [3.63, 3.8) is 0 Å². The topological polar surface area (TPSA) is 58.2 Å². The molecule has 0 atom stereocenters. The fourth-order valence-corrected chi connectivity index (χ4v) is 2.50. The van der Waals surface area contributed by atoms with Gasteiger partial charge in [0.15, 0.2) is 0 Å². The van der Waals surface area contributed by atoms with Crippen molar-refractivity contribution in [1.29, 1.82) is 0 Å². The van der Waals surface area contributed by atoms with Crippen LogP contribution in [-0.2, 0) is 16.0 Å². The number of nitrogens with one attached hydrogen (secondary N) is 2. The quantitative estimate of drug-likeness (QED) is 0.738. The van der Waals surface area contributed by atoms with E-state index in [0.717, 1.165) is 10.0 Å². The molecular formula is C18H18BrFN2O2. The summed E-state index contributed by atoms with van der Waals surface area (Å²) in [5.41, 5.74) is 2.21. The van der Waals surface area contributed by atoms with Crippen molar-refractivity contribution in [2.24, 2.45) is 0 Å². The SMILES string of the molecule is Cc1ccc(NC(=O)CC(=O)NCCc2ccccc2F)cc1Br. The molecule has 0 spiro atoms. The van der Waals surface area contributed by atoms with Crippen molar-refractivity contribution >= 4 is 33.4 Å². The van der Waals surface area contributed by atoms with E-state index < -0.39 is 11.8 Å². The van der Waals surface area contributed by atoms with Crippen molar-refractivity contribution < 1.29 is 14.0 Å². The van der Waals surface area contributed by atoms with Crippen LogP contribution in [0.1, 0.15) is 17.5 Å². The summed E-state index contributed by atoms with van der Waals surface area (Å²) in [6, 6.07) is 11.8. The molecule has 2 aromatic carbocycles. The minimum absolute atomic E-state index is 0.275. The number of carbonyl (C=O) groups is 2. The van der Waals surface area contributed by atoms with Gasteiger partial charge in [0, 0.05) is 16.7 Å². The van der Waals surface area contributed by atoms with Gasteiger partial charge in [-0.15, -0.1) is 0 Å². The maximum absolute atomic E-state index is 13.4. The van der Waals surface area contributed by atoms with Crippen LogP contribution >= 0.6 is 15.9 Å². The van der Waals surface area contributed by atoms with E-state index in [1.807, 2.05) is 13.0 Å². The van der Waals surface area contributed by atoms with Crippen LogP contribution in [0.4, 0.5) is 10.1 Å². The highest BCUT2D eigenvalue weighted by molar-refractivity contribution is 9.10. The second-order valence-electron chi connectivity index (χ2n) is 5.38. The lowest BCUT2D eigenvalue weighted by atomic mass is 10.1. The first-order valence-electron chi connectivity index (χ1n) is 7.52. The maximum atomic E-state index is 13.4. The van der Waals surface area contributed by atoms with Gasteiger partial charge in [-0.3, -0.25) is 9.59 Å². The van der Waals surface area contributed by atoms with Gasteiger partial charge >= 0.3 is 0 Å². The second kappa shape index (κ2) is 8.59. The lowest BCUT2D eigenvalue weighted by Crippen LogP contribution is -2.29. The lowest BCUT2D eigenvalue weighted by Gasteiger charge is -2.08. The number of rotatable bonds is 6. The summed E-state index contributed by atoms with van der Waals surface area (Å²) in [4.78, 5) is 23.6. The minimum atomic E-state index is -0.394. The molecule has 2 amide bonds. The zero-order valence-corrected chi connectivity index (χ0v) is 14.8. The van der Waals surface area contributed by atoms with Gasteiger partial charge < -0.3 is 10.6 Å². The summed E-state index contributed by atoms with van der Waals surface area (Å²) < 4.78 is 14.3. The van der Waals surface area contributed by atoms with E-state index in [0.29, 0.717) is 17.7 Å². The Kier molecular flexibility index (Phi) is 6.49. The van der Waals surface area contributed by atoms with Crippen molar-refractivity contribution in [3.8, 4) is 0 Å². The van der Waals surface area contributed by atoms with Crippen molar-refractivity contribution in [3.05, 3.63) is 63.9 Å². The summed E-state index contributed by atoms with van der Waals surface area (Å²) in [6.45, 7) is 2.22. The molecule has 0 bridgehead atoms. The van der Waals surface area contributed by atoms with E-state index in [4.69, 9.17) is 0 Å². The predicted molar refractivity (Wildman–Crippen MR) is 95.2 cm³/mol. The molecule has 0 aliphatic rings.